The van der Waals surface area contributed by atoms with Gasteiger partial charge in [0.15, 0.2) is 6.61 Å². The number of hydrogen-bond donors (Lipinski definition) is 1. The van der Waals surface area contributed by atoms with Crippen molar-refractivity contribution in [2.24, 2.45) is 5.73 Å². The van der Waals surface area contributed by atoms with Crippen LogP contribution in [0.25, 0.3) is 0 Å². The minimum atomic E-state index is 0.0259. The molecule has 1 aliphatic carbocycles. The normalized spacial score (nSPS) is 21.9. The number of benzene rings is 1. The molecule has 2 rings (SSSR count). The van der Waals surface area contributed by atoms with E-state index in [9.17, 15) is 4.79 Å². The minimum Gasteiger partial charge on any atom is -0.484 e. The standard InChI is InChI=1S/C16H23ClN2O2/c1-2-19(14-8-6-13(18)7-9-14)16(20)11-21-15-5-3-4-12(17)10-15/h3-5,10,13-14H,2,6-9,11,18H2,1H3. The third-order valence-corrected chi connectivity index (χ3v) is 4.24. The molecule has 1 aromatic rings. The van der Waals surface area contributed by atoms with Gasteiger partial charge < -0.3 is 15.4 Å². The zero-order valence-corrected chi connectivity index (χ0v) is 13.2. The molecule has 1 amide bonds. The van der Waals surface area contributed by atoms with Crippen LogP contribution in [0.4, 0.5) is 0 Å². The maximum absolute atomic E-state index is 12.4. The predicted octanol–water partition coefficient (Wildman–Crippen LogP) is 2.84. The van der Waals surface area contributed by atoms with Gasteiger partial charge in [-0.1, -0.05) is 17.7 Å². The molecule has 0 heterocycles. The van der Waals surface area contributed by atoms with E-state index in [1.54, 1.807) is 18.2 Å². The Hall–Kier alpha value is -1.26. The van der Waals surface area contributed by atoms with Crippen molar-refractivity contribution >= 4 is 17.5 Å². The second-order valence-corrected chi connectivity index (χ2v) is 5.93. The molecule has 1 aromatic carbocycles. The first-order valence-corrected chi connectivity index (χ1v) is 7.91. The molecule has 0 atom stereocenters. The number of nitrogens with two attached hydrogens (primary N) is 1. The predicted molar refractivity (Wildman–Crippen MR) is 84.6 cm³/mol. The van der Waals surface area contributed by atoms with Crippen molar-refractivity contribution in [2.45, 2.75) is 44.7 Å². The summed E-state index contributed by atoms with van der Waals surface area (Å²) < 4.78 is 5.54. The molecule has 0 unspecified atom stereocenters. The number of likely N-dealkylation sites (N-methyl/N-ethyl adjacent to an activating group) is 1. The summed E-state index contributed by atoms with van der Waals surface area (Å²) in [7, 11) is 0. The second-order valence-electron chi connectivity index (χ2n) is 5.49. The van der Waals surface area contributed by atoms with Crippen molar-refractivity contribution in [3.8, 4) is 5.75 Å². The fraction of sp³-hybridized carbons (Fsp3) is 0.562. The summed E-state index contributed by atoms with van der Waals surface area (Å²) in [6, 6.07) is 7.69. The number of halogens is 1. The Morgan fingerprint density at radius 2 is 2.10 bits per heavy atom. The fourth-order valence-corrected chi connectivity index (χ4v) is 3.02. The van der Waals surface area contributed by atoms with Gasteiger partial charge in [0.2, 0.25) is 0 Å². The van der Waals surface area contributed by atoms with Crippen molar-refractivity contribution in [1.82, 2.24) is 4.90 Å². The fourth-order valence-electron chi connectivity index (χ4n) is 2.84. The lowest BCUT2D eigenvalue weighted by atomic mass is 9.90. The van der Waals surface area contributed by atoms with Gasteiger partial charge in [-0.25, -0.2) is 0 Å². The van der Waals surface area contributed by atoms with Gasteiger partial charge in [-0.15, -0.1) is 0 Å². The van der Waals surface area contributed by atoms with Gasteiger partial charge in [-0.3, -0.25) is 4.79 Å². The third kappa shape index (κ3) is 4.61. The number of rotatable bonds is 5. The first-order valence-electron chi connectivity index (χ1n) is 7.53. The van der Waals surface area contributed by atoms with E-state index in [0.29, 0.717) is 23.4 Å². The van der Waals surface area contributed by atoms with Crippen molar-refractivity contribution in [2.75, 3.05) is 13.2 Å². The molecule has 5 heteroatoms. The molecule has 0 aliphatic heterocycles. The zero-order chi connectivity index (χ0) is 15.2. The largest absolute Gasteiger partial charge is 0.484 e. The molecule has 0 aromatic heterocycles. The van der Waals surface area contributed by atoms with E-state index in [4.69, 9.17) is 22.1 Å². The van der Waals surface area contributed by atoms with Gasteiger partial charge in [0.05, 0.1) is 0 Å². The van der Waals surface area contributed by atoms with Crippen molar-refractivity contribution in [3.63, 3.8) is 0 Å². The Bertz CT molecular complexity index is 473. The number of nitrogens with zero attached hydrogens (tertiary/aromatic N) is 1. The number of carbonyl (C=O) groups is 1. The van der Waals surface area contributed by atoms with E-state index >= 15 is 0 Å². The Balaban J connectivity index is 1.88. The van der Waals surface area contributed by atoms with Crippen LogP contribution < -0.4 is 10.5 Å². The molecule has 0 radical (unpaired) electrons. The van der Waals surface area contributed by atoms with Crippen LogP contribution in [0.1, 0.15) is 32.6 Å². The van der Waals surface area contributed by atoms with Crippen LogP contribution in [0.15, 0.2) is 24.3 Å². The van der Waals surface area contributed by atoms with Crippen molar-refractivity contribution in [3.05, 3.63) is 29.3 Å². The Morgan fingerprint density at radius 3 is 2.71 bits per heavy atom. The number of carbonyl (C=O) groups excluding carboxylic acids is 1. The topological polar surface area (TPSA) is 55.6 Å². The molecule has 1 aliphatic rings. The highest BCUT2D eigenvalue weighted by atomic mass is 35.5. The van der Waals surface area contributed by atoms with E-state index < -0.39 is 0 Å². The average Bonchev–Trinajstić information content (AvgIpc) is 2.48. The third-order valence-electron chi connectivity index (χ3n) is 4.00. The Morgan fingerprint density at radius 1 is 1.38 bits per heavy atom. The van der Waals surface area contributed by atoms with Gasteiger partial charge in [-0.05, 0) is 50.8 Å². The Labute approximate surface area is 131 Å². The maximum atomic E-state index is 12.4. The molecule has 21 heavy (non-hydrogen) atoms. The van der Waals surface area contributed by atoms with Crippen LogP contribution in [-0.2, 0) is 4.79 Å². The van der Waals surface area contributed by atoms with Crippen LogP contribution in [0.2, 0.25) is 5.02 Å². The minimum absolute atomic E-state index is 0.0259. The van der Waals surface area contributed by atoms with Crippen LogP contribution in [0.5, 0.6) is 5.75 Å². The van der Waals surface area contributed by atoms with E-state index in [1.807, 2.05) is 17.9 Å². The van der Waals surface area contributed by atoms with Gasteiger partial charge in [0, 0.05) is 23.7 Å². The smallest absolute Gasteiger partial charge is 0.260 e. The van der Waals surface area contributed by atoms with Gasteiger partial charge in [0.25, 0.3) is 5.91 Å². The summed E-state index contributed by atoms with van der Waals surface area (Å²) in [5.41, 5.74) is 5.92. The quantitative estimate of drug-likeness (QED) is 0.910. The highest BCUT2D eigenvalue weighted by Gasteiger charge is 2.26. The van der Waals surface area contributed by atoms with Crippen LogP contribution in [-0.4, -0.2) is 36.0 Å². The summed E-state index contributed by atoms with van der Waals surface area (Å²) in [5, 5.41) is 0.605. The summed E-state index contributed by atoms with van der Waals surface area (Å²) in [6.45, 7) is 2.76. The molecule has 0 spiro atoms. The molecular formula is C16H23ClN2O2. The molecule has 4 nitrogen and oxygen atoms in total. The summed E-state index contributed by atoms with van der Waals surface area (Å²) in [5.74, 6) is 0.649. The van der Waals surface area contributed by atoms with Gasteiger partial charge >= 0.3 is 0 Å². The van der Waals surface area contributed by atoms with Crippen molar-refractivity contribution < 1.29 is 9.53 Å². The Kier molecular flexibility index (Phi) is 5.88. The van der Waals surface area contributed by atoms with Gasteiger partial charge in [-0.2, -0.15) is 0 Å². The highest BCUT2D eigenvalue weighted by molar-refractivity contribution is 6.30. The van der Waals surface area contributed by atoms with Gasteiger partial charge in [0.1, 0.15) is 5.75 Å². The van der Waals surface area contributed by atoms with Crippen LogP contribution in [0, 0.1) is 0 Å². The van der Waals surface area contributed by atoms with E-state index in [0.717, 1.165) is 25.7 Å². The molecule has 2 N–H and O–H groups in total. The number of ether oxygens (including phenoxy) is 1. The average molecular weight is 311 g/mol. The molecule has 116 valence electrons. The van der Waals surface area contributed by atoms with E-state index in [2.05, 4.69) is 0 Å². The first kappa shape index (κ1) is 16.1. The lowest BCUT2D eigenvalue weighted by Crippen LogP contribution is -2.45. The molecule has 1 fully saturated rings. The molecule has 1 saturated carbocycles. The summed E-state index contributed by atoms with van der Waals surface area (Å²) in [4.78, 5) is 14.3. The molecule has 0 saturated heterocycles. The number of amides is 1. The SMILES string of the molecule is CCN(C(=O)COc1cccc(Cl)c1)C1CCC(N)CC1. The maximum Gasteiger partial charge on any atom is 0.260 e. The lowest BCUT2D eigenvalue weighted by molar-refractivity contribution is -0.136. The number of hydrogen-bond acceptors (Lipinski definition) is 3. The molecule has 0 bridgehead atoms. The first-order chi connectivity index (χ1) is 10.1. The zero-order valence-electron chi connectivity index (χ0n) is 12.4. The van der Waals surface area contributed by atoms with Crippen LogP contribution in [0.3, 0.4) is 0 Å². The summed E-state index contributed by atoms with van der Waals surface area (Å²) in [6.07, 6.45) is 3.95. The molecular weight excluding hydrogens is 288 g/mol. The van der Waals surface area contributed by atoms with E-state index in [1.165, 1.54) is 0 Å². The highest BCUT2D eigenvalue weighted by Crippen LogP contribution is 2.22. The van der Waals surface area contributed by atoms with Crippen molar-refractivity contribution in [1.29, 1.82) is 0 Å². The van der Waals surface area contributed by atoms with E-state index in [-0.39, 0.29) is 18.6 Å². The summed E-state index contributed by atoms with van der Waals surface area (Å²) >= 11 is 5.90. The van der Waals surface area contributed by atoms with Crippen LogP contribution >= 0.6 is 11.6 Å². The second kappa shape index (κ2) is 7.66. The lowest BCUT2D eigenvalue weighted by Gasteiger charge is -2.35. The monoisotopic (exact) mass is 310 g/mol.